The fourth-order valence-corrected chi connectivity index (χ4v) is 1.48. The van der Waals surface area contributed by atoms with Crippen LogP contribution in [-0.4, -0.2) is 18.9 Å². The van der Waals surface area contributed by atoms with Gasteiger partial charge < -0.3 is 4.74 Å². The van der Waals surface area contributed by atoms with Crippen molar-refractivity contribution in [1.82, 2.24) is 0 Å². The van der Waals surface area contributed by atoms with Gasteiger partial charge in [0.25, 0.3) is 0 Å². The predicted molar refractivity (Wildman–Crippen MR) is 47.4 cm³/mol. The molecule has 0 aromatic heterocycles. The first-order valence-electron chi connectivity index (χ1n) is 4.59. The third-order valence-electron chi connectivity index (χ3n) is 2.42. The van der Waals surface area contributed by atoms with Crippen molar-refractivity contribution in [3.8, 4) is 0 Å². The van der Waals surface area contributed by atoms with E-state index in [2.05, 4.69) is 6.92 Å². The summed E-state index contributed by atoms with van der Waals surface area (Å²) in [5.41, 5.74) is -1.07. The maximum atomic E-state index is 13.8. The fraction of sp³-hybridized carbons (Fsp3) is 0.800. The summed E-state index contributed by atoms with van der Waals surface area (Å²) in [5, 5.41) is 0. The normalized spacial score (nSPS) is 22.8. The van der Waals surface area contributed by atoms with E-state index < -0.39 is 5.67 Å². The first-order valence-corrected chi connectivity index (χ1v) is 4.59. The zero-order valence-corrected chi connectivity index (χ0v) is 7.74. The average molecular weight is 172 g/mol. The largest absolute Gasteiger partial charge is 0.378 e. The molecule has 0 amide bonds. The Morgan fingerprint density at radius 3 is 2.58 bits per heavy atom. The van der Waals surface area contributed by atoms with Crippen LogP contribution in [0.15, 0.2) is 0 Å². The minimum atomic E-state index is -1.07. The van der Waals surface area contributed by atoms with Crippen molar-refractivity contribution < 1.29 is 9.13 Å². The SMILES string of the molecule is [CH2-][C+]1CCC(F)(COCC)CC1. The zero-order valence-electron chi connectivity index (χ0n) is 7.74. The van der Waals surface area contributed by atoms with E-state index in [1.54, 1.807) is 0 Å². The number of halogens is 1. The lowest BCUT2D eigenvalue weighted by Crippen LogP contribution is -2.33. The summed E-state index contributed by atoms with van der Waals surface area (Å²) in [5.74, 6) is 1.18. The molecule has 0 radical (unpaired) electrons. The van der Waals surface area contributed by atoms with E-state index in [-0.39, 0.29) is 6.61 Å². The fourth-order valence-electron chi connectivity index (χ4n) is 1.48. The second-order valence-electron chi connectivity index (χ2n) is 3.54. The minimum Gasteiger partial charge on any atom is -0.378 e. The average Bonchev–Trinajstić information content (AvgIpc) is 2.08. The van der Waals surface area contributed by atoms with Crippen molar-refractivity contribution in [3.05, 3.63) is 12.8 Å². The van der Waals surface area contributed by atoms with E-state index in [0.29, 0.717) is 19.4 Å². The summed E-state index contributed by atoms with van der Waals surface area (Å²) in [7, 11) is 0. The molecule has 1 aliphatic carbocycles. The van der Waals surface area contributed by atoms with E-state index in [1.807, 2.05) is 6.92 Å². The molecule has 0 bridgehead atoms. The Balaban J connectivity index is 2.29. The molecular formula is C10H17FO. The molecule has 0 aromatic carbocycles. The summed E-state index contributed by atoms with van der Waals surface area (Å²) < 4.78 is 18.9. The second kappa shape index (κ2) is 4.13. The van der Waals surface area contributed by atoms with E-state index in [4.69, 9.17) is 4.74 Å². The molecule has 70 valence electrons. The quantitative estimate of drug-likeness (QED) is 0.595. The summed E-state index contributed by atoms with van der Waals surface area (Å²) in [6.45, 7) is 6.61. The maximum absolute atomic E-state index is 13.8. The summed E-state index contributed by atoms with van der Waals surface area (Å²) >= 11 is 0. The van der Waals surface area contributed by atoms with Gasteiger partial charge in [0.05, 0.1) is 19.4 Å². The molecule has 12 heavy (non-hydrogen) atoms. The smallest absolute Gasteiger partial charge is 0.142 e. The molecule has 1 saturated carbocycles. The first kappa shape index (κ1) is 9.85. The van der Waals surface area contributed by atoms with Crippen LogP contribution in [0.1, 0.15) is 32.6 Å². The summed E-state index contributed by atoms with van der Waals surface area (Å²) in [6.07, 6.45) is 2.82. The van der Waals surface area contributed by atoms with Gasteiger partial charge in [0.15, 0.2) is 0 Å². The van der Waals surface area contributed by atoms with Gasteiger partial charge in [-0.1, -0.05) is 5.92 Å². The van der Waals surface area contributed by atoms with Crippen LogP contribution in [0.25, 0.3) is 0 Å². The van der Waals surface area contributed by atoms with Gasteiger partial charge >= 0.3 is 0 Å². The van der Waals surface area contributed by atoms with E-state index in [0.717, 1.165) is 12.8 Å². The van der Waals surface area contributed by atoms with Crippen molar-refractivity contribution in [2.75, 3.05) is 13.2 Å². The number of ether oxygens (including phenoxy) is 1. The van der Waals surface area contributed by atoms with Crippen LogP contribution in [0.2, 0.25) is 0 Å². The minimum absolute atomic E-state index is 0.261. The molecule has 0 atom stereocenters. The molecule has 0 aliphatic heterocycles. The highest BCUT2D eigenvalue weighted by Gasteiger charge is 2.36. The third-order valence-corrected chi connectivity index (χ3v) is 2.42. The Kier molecular flexibility index (Phi) is 3.39. The summed E-state index contributed by atoms with van der Waals surface area (Å²) in [4.78, 5) is 0. The first-order chi connectivity index (χ1) is 5.66. The number of rotatable bonds is 3. The Morgan fingerprint density at radius 1 is 1.50 bits per heavy atom. The predicted octanol–water partition coefficient (Wildman–Crippen LogP) is 2.71. The molecular weight excluding hydrogens is 155 g/mol. The van der Waals surface area contributed by atoms with Crippen LogP contribution in [0.5, 0.6) is 0 Å². The number of hydrogen-bond donors (Lipinski definition) is 0. The van der Waals surface area contributed by atoms with E-state index >= 15 is 0 Å². The van der Waals surface area contributed by atoms with Gasteiger partial charge in [-0.25, -0.2) is 4.39 Å². The van der Waals surface area contributed by atoms with Gasteiger partial charge in [0, 0.05) is 19.4 Å². The van der Waals surface area contributed by atoms with Crippen molar-refractivity contribution in [1.29, 1.82) is 0 Å². The maximum Gasteiger partial charge on any atom is 0.142 e. The highest BCUT2D eigenvalue weighted by Crippen LogP contribution is 2.35. The van der Waals surface area contributed by atoms with Crippen LogP contribution >= 0.6 is 0 Å². The monoisotopic (exact) mass is 172 g/mol. The van der Waals surface area contributed by atoms with Crippen molar-refractivity contribution in [2.45, 2.75) is 38.3 Å². The highest BCUT2D eigenvalue weighted by molar-refractivity contribution is 5.02. The van der Waals surface area contributed by atoms with Gasteiger partial charge in [-0.2, -0.15) is 0 Å². The molecule has 0 heterocycles. The van der Waals surface area contributed by atoms with Crippen LogP contribution in [0.3, 0.4) is 0 Å². The Morgan fingerprint density at radius 2 is 2.08 bits per heavy atom. The van der Waals surface area contributed by atoms with Crippen LogP contribution < -0.4 is 0 Å². The van der Waals surface area contributed by atoms with Crippen LogP contribution in [-0.2, 0) is 4.74 Å². The lowest BCUT2D eigenvalue weighted by molar-refractivity contribution is 0.000424. The molecule has 1 nitrogen and oxygen atoms in total. The molecule has 1 aliphatic rings. The number of alkyl halides is 1. The summed E-state index contributed by atoms with van der Waals surface area (Å²) in [6, 6.07) is 0. The van der Waals surface area contributed by atoms with Gasteiger partial charge in [-0.05, 0) is 6.92 Å². The van der Waals surface area contributed by atoms with Crippen molar-refractivity contribution >= 4 is 0 Å². The van der Waals surface area contributed by atoms with Gasteiger partial charge in [0.1, 0.15) is 5.67 Å². The van der Waals surface area contributed by atoms with Crippen LogP contribution in [0, 0.1) is 12.8 Å². The number of hydrogen-bond acceptors (Lipinski definition) is 1. The zero-order chi connectivity index (χ0) is 9.03. The molecule has 0 unspecified atom stereocenters. The molecule has 0 aromatic rings. The molecule has 1 fully saturated rings. The molecule has 0 saturated heterocycles. The molecule has 1 rings (SSSR count). The Labute approximate surface area is 74.3 Å². The second-order valence-corrected chi connectivity index (χ2v) is 3.54. The Hall–Kier alpha value is -0.240. The van der Waals surface area contributed by atoms with E-state index in [9.17, 15) is 4.39 Å². The van der Waals surface area contributed by atoms with Crippen molar-refractivity contribution in [3.63, 3.8) is 0 Å². The van der Waals surface area contributed by atoms with E-state index in [1.165, 1.54) is 5.92 Å². The lowest BCUT2D eigenvalue weighted by Gasteiger charge is -2.29. The van der Waals surface area contributed by atoms with Gasteiger partial charge in [-0.3, -0.25) is 0 Å². The highest BCUT2D eigenvalue weighted by atomic mass is 19.1. The topological polar surface area (TPSA) is 9.23 Å². The standard InChI is InChI=1S/C10H17FO/c1-3-12-8-10(11)6-4-9(2)5-7-10/h2-8H2,1H3. The van der Waals surface area contributed by atoms with Crippen LogP contribution in [0.4, 0.5) is 4.39 Å². The lowest BCUT2D eigenvalue weighted by atomic mass is 9.81. The van der Waals surface area contributed by atoms with Gasteiger partial charge in [0.2, 0.25) is 0 Å². The molecule has 0 spiro atoms. The molecule has 2 heteroatoms. The van der Waals surface area contributed by atoms with Gasteiger partial charge in [-0.15, -0.1) is 6.92 Å². The third kappa shape index (κ3) is 2.67. The molecule has 0 N–H and O–H groups in total. The Bertz CT molecular complexity index is 122. The van der Waals surface area contributed by atoms with Crippen molar-refractivity contribution in [2.24, 2.45) is 0 Å².